The number of hydrogen-bond donors (Lipinski definition) is 2. The summed E-state index contributed by atoms with van der Waals surface area (Å²) in [6.45, 7) is 8.37. The number of H-pyrrole nitrogens is 1. The second kappa shape index (κ2) is 3.48. The standard InChI is InChI=1S/C11H17NO2/c1-7(11(2,3)4)8-5-6-12-9(8)10(13)14/h5-7,12H,1-4H3,(H,13,14). The summed E-state index contributed by atoms with van der Waals surface area (Å²) in [7, 11) is 0. The van der Waals surface area contributed by atoms with Crippen LogP contribution in [0.3, 0.4) is 0 Å². The third-order valence-electron chi connectivity index (χ3n) is 2.76. The van der Waals surface area contributed by atoms with Crippen LogP contribution in [0.4, 0.5) is 0 Å². The molecule has 0 spiro atoms. The Morgan fingerprint density at radius 1 is 1.50 bits per heavy atom. The lowest BCUT2D eigenvalue weighted by atomic mass is 9.78. The summed E-state index contributed by atoms with van der Waals surface area (Å²) in [5, 5.41) is 8.94. The zero-order chi connectivity index (χ0) is 10.9. The van der Waals surface area contributed by atoms with Crippen molar-refractivity contribution in [3.05, 3.63) is 23.5 Å². The van der Waals surface area contributed by atoms with Gasteiger partial charge < -0.3 is 10.1 Å². The molecule has 0 bridgehead atoms. The minimum atomic E-state index is -0.888. The normalized spacial score (nSPS) is 14.0. The van der Waals surface area contributed by atoms with Crippen molar-refractivity contribution in [2.75, 3.05) is 0 Å². The van der Waals surface area contributed by atoms with Gasteiger partial charge in [0.25, 0.3) is 0 Å². The summed E-state index contributed by atoms with van der Waals surface area (Å²) >= 11 is 0. The van der Waals surface area contributed by atoms with E-state index in [0.29, 0.717) is 5.69 Å². The van der Waals surface area contributed by atoms with Crippen molar-refractivity contribution in [2.24, 2.45) is 5.41 Å². The van der Waals surface area contributed by atoms with Gasteiger partial charge in [-0.15, -0.1) is 0 Å². The van der Waals surface area contributed by atoms with Gasteiger partial charge >= 0.3 is 5.97 Å². The molecule has 0 aliphatic heterocycles. The molecule has 0 aromatic carbocycles. The quantitative estimate of drug-likeness (QED) is 0.762. The van der Waals surface area contributed by atoms with Crippen LogP contribution in [0.5, 0.6) is 0 Å². The van der Waals surface area contributed by atoms with E-state index in [0.717, 1.165) is 5.56 Å². The topological polar surface area (TPSA) is 53.1 Å². The van der Waals surface area contributed by atoms with Gasteiger partial charge in [-0.3, -0.25) is 0 Å². The molecule has 1 aromatic heterocycles. The third kappa shape index (κ3) is 1.97. The number of nitrogens with one attached hydrogen (secondary N) is 1. The fourth-order valence-corrected chi connectivity index (χ4v) is 1.39. The summed E-state index contributed by atoms with van der Waals surface area (Å²) in [6.07, 6.45) is 1.68. The molecule has 0 saturated heterocycles. The molecule has 0 fully saturated rings. The molecule has 1 heterocycles. The van der Waals surface area contributed by atoms with E-state index >= 15 is 0 Å². The van der Waals surface area contributed by atoms with Crippen LogP contribution in [-0.2, 0) is 0 Å². The Morgan fingerprint density at radius 2 is 2.07 bits per heavy atom. The third-order valence-corrected chi connectivity index (χ3v) is 2.76. The lowest BCUT2D eigenvalue weighted by Crippen LogP contribution is -2.17. The Morgan fingerprint density at radius 3 is 2.50 bits per heavy atom. The van der Waals surface area contributed by atoms with E-state index in [4.69, 9.17) is 5.11 Å². The van der Waals surface area contributed by atoms with E-state index in [-0.39, 0.29) is 11.3 Å². The molecule has 1 rings (SSSR count). The number of carboxylic acid groups (broad SMARTS) is 1. The number of rotatable bonds is 2. The Bertz CT molecular complexity index is 333. The summed E-state index contributed by atoms with van der Waals surface area (Å²) in [4.78, 5) is 13.6. The van der Waals surface area contributed by atoms with Crippen molar-refractivity contribution in [1.82, 2.24) is 4.98 Å². The molecule has 1 unspecified atom stereocenters. The monoisotopic (exact) mass is 195 g/mol. The van der Waals surface area contributed by atoms with E-state index in [1.54, 1.807) is 6.20 Å². The number of aromatic carboxylic acids is 1. The van der Waals surface area contributed by atoms with Crippen molar-refractivity contribution >= 4 is 5.97 Å². The van der Waals surface area contributed by atoms with Crippen molar-refractivity contribution < 1.29 is 9.90 Å². The number of carboxylic acids is 1. The Hall–Kier alpha value is -1.25. The molecular weight excluding hydrogens is 178 g/mol. The maximum absolute atomic E-state index is 10.9. The highest BCUT2D eigenvalue weighted by atomic mass is 16.4. The van der Waals surface area contributed by atoms with E-state index in [1.807, 2.05) is 6.07 Å². The van der Waals surface area contributed by atoms with Crippen LogP contribution in [0.1, 0.15) is 49.7 Å². The number of aromatic amines is 1. The van der Waals surface area contributed by atoms with E-state index < -0.39 is 5.97 Å². The predicted molar refractivity (Wildman–Crippen MR) is 55.6 cm³/mol. The summed E-state index contributed by atoms with van der Waals surface area (Å²) < 4.78 is 0. The number of carbonyl (C=O) groups is 1. The van der Waals surface area contributed by atoms with Gasteiger partial charge in [-0.25, -0.2) is 4.79 Å². The Kier molecular flexibility index (Phi) is 2.69. The average molecular weight is 195 g/mol. The first-order valence-electron chi connectivity index (χ1n) is 4.74. The fourth-order valence-electron chi connectivity index (χ4n) is 1.39. The van der Waals surface area contributed by atoms with Gasteiger partial charge in [-0.2, -0.15) is 0 Å². The first-order valence-corrected chi connectivity index (χ1v) is 4.74. The van der Waals surface area contributed by atoms with Crippen molar-refractivity contribution in [2.45, 2.75) is 33.6 Å². The highest BCUT2D eigenvalue weighted by molar-refractivity contribution is 5.87. The molecule has 3 nitrogen and oxygen atoms in total. The highest BCUT2D eigenvalue weighted by Gasteiger charge is 2.26. The summed E-state index contributed by atoms with van der Waals surface area (Å²) in [6, 6.07) is 1.85. The molecular formula is C11H17NO2. The molecule has 0 aliphatic carbocycles. The predicted octanol–water partition coefficient (Wildman–Crippen LogP) is 2.86. The van der Waals surface area contributed by atoms with Crippen molar-refractivity contribution in [3.63, 3.8) is 0 Å². The number of hydrogen-bond acceptors (Lipinski definition) is 1. The highest BCUT2D eigenvalue weighted by Crippen LogP contribution is 2.35. The second-order valence-corrected chi connectivity index (χ2v) is 4.70. The fraction of sp³-hybridized carbons (Fsp3) is 0.545. The van der Waals surface area contributed by atoms with Crippen LogP contribution in [0, 0.1) is 5.41 Å². The molecule has 0 radical (unpaired) electrons. The van der Waals surface area contributed by atoms with Crippen molar-refractivity contribution in [3.8, 4) is 0 Å². The minimum Gasteiger partial charge on any atom is -0.477 e. The van der Waals surface area contributed by atoms with Crippen molar-refractivity contribution in [1.29, 1.82) is 0 Å². The van der Waals surface area contributed by atoms with Gasteiger partial charge in [0.2, 0.25) is 0 Å². The van der Waals surface area contributed by atoms with Crippen LogP contribution in [0.2, 0.25) is 0 Å². The Balaban J connectivity index is 3.07. The molecule has 1 atom stereocenters. The van der Waals surface area contributed by atoms with Gasteiger partial charge in [0.05, 0.1) is 0 Å². The second-order valence-electron chi connectivity index (χ2n) is 4.70. The molecule has 1 aromatic rings. The largest absolute Gasteiger partial charge is 0.477 e. The SMILES string of the molecule is CC(c1cc[nH]c1C(=O)O)C(C)(C)C. The first-order chi connectivity index (χ1) is 6.34. The minimum absolute atomic E-state index is 0.0758. The van der Waals surface area contributed by atoms with E-state index in [2.05, 4.69) is 32.7 Å². The zero-order valence-corrected chi connectivity index (χ0v) is 9.09. The maximum Gasteiger partial charge on any atom is 0.352 e. The summed E-state index contributed by atoms with van der Waals surface area (Å²) in [5.74, 6) is -0.666. The van der Waals surface area contributed by atoms with Crippen LogP contribution >= 0.6 is 0 Å². The van der Waals surface area contributed by atoms with Gasteiger partial charge in [-0.1, -0.05) is 27.7 Å². The van der Waals surface area contributed by atoms with Gasteiger partial charge in [0.1, 0.15) is 5.69 Å². The average Bonchev–Trinajstić information content (AvgIpc) is 2.48. The van der Waals surface area contributed by atoms with Gasteiger partial charge in [-0.05, 0) is 23.0 Å². The lowest BCUT2D eigenvalue weighted by Gasteiger charge is -2.27. The Labute approximate surface area is 84.2 Å². The maximum atomic E-state index is 10.9. The number of aromatic nitrogens is 1. The molecule has 0 amide bonds. The van der Waals surface area contributed by atoms with E-state index in [9.17, 15) is 4.79 Å². The lowest BCUT2D eigenvalue weighted by molar-refractivity contribution is 0.0688. The molecule has 2 N–H and O–H groups in total. The molecule has 3 heteroatoms. The molecule has 14 heavy (non-hydrogen) atoms. The molecule has 0 aliphatic rings. The first kappa shape index (κ1) is 10.8. The smallest absolute Gasteiger partial charge is 0.352 e. The molecule has 0 saturated carbocycles. The summed E-state index contributed by atoms with van der Waals surface area (Å²) in [5.41, 5.74) is 1.27. The zero-order valence-electron chi connectivity index (χ0n) is 9.09. The van der Waals surface area contributed by atoms with Crippen LogP contribution in [0.15, 0.2) is 12.3 Å². The van der Waals surface area contributed by atoms with Crippen LogP contribution in [-0.4, -0.2) is 16.1 Å². The van der Waals surface area contributed by atoms with Crippen LogP contribution < -0.4 is 0 Å². The van der Waals surface area contributed by atoms with E-state index in [1.165, 1.54) is 0 Å². The van der Waals surface area contributed by atoms with Crippen LogP contribution in [0.25, 0.3) is 0 Å². The van der Waals surface area contributed by atoms with Gasteiger partial charge in [0.15, 0.2) is 0 Å². The molecule has 78 valence electrons. The van der Waals surface area contributed by atoms with Gasteiger partial charge in [0, 0.05) is 6.20 Å².